The molecule has 16 heavy (non-hydrogen) atoms. The number of aliphatic hydroxyl groups excluding tert-OH is 1. The van der Waals surface area contributed by atoms with Crippen LogP contribution in [0.15, 0.2) is 40.2 Å². The molecular formula is C12H10BrClOS. The second-order valence-electron chi connectivity index (χ2n) is 3.48. The van der Waals surface area contributed by atoms with Gasteiger partial charge in [-0.05, 0) is 17.7 Å². The number of aliphatic hydroxyl groups is 1. The predicted molar refractivity (Wildman–Crippen MR) is 72.1 cm³/mol. The fourth-order valence-electron chi connectivity index (χ4n) is 1.48. The molecule has 0 fully saturated rings. The highest BCUT2D eigenvalue weighted by Crippen LogP contribution is 2.29. The summed E-state index contributed by atoms with van der Waals surface area (Å²) in [5.74, 6) is 0. The van der Waals surface area contributed by atoms with Gasteiger partial charge < -0.3 is 5.11 Å². The summed E-state index contributed by atoms with van der Waals surface area (Å²) in [5, 5.41) is 12.6. The number of thiophene rings is 1. The molecule has 1 nitrogen and oxygen atoms in total. The van der Waals surface area contributed by atoms with E-state index in [4.69, 9.17) is 11.6 Å². The van der Waals surface area contributed by atoms with Gasteiger partial charge in [0.2, 0.25) is 0 Å². The zero-order chi connectivity index (χ0) is 11.5. The minimum Gasteiger partial charge on any atom is -0.387 e. The second-order valence-corrected chi connectivity index (χ2v) is 5.71. The highest BCUT2D eigenvalue weighted by atomic mass is 79.9. The highest BCUT2D eigenvalue weighted by Gasteiger charge is 2.12. The van der Waals surface area contributed by atoms with Gasteiger partial charge in [0.15, 0.2) is 0 Å². The van der Waals surface area contributed by atoms with Gasteiger partial charge in [-0.25, -0.2) is 0 Å². The minimum absolute atomic E-state index is 0.490. The van der Waals surface area contributed by atoms with Crippen molar-refractivity contribution < 1.29 is 5.11 Å². The van der Waals surface area contributed by atoms with Crippen LogP contribution in [0.1, 0.15) is 16.5 Å². The van der Waals surface area contributed by atoms with Crippen molar-refractivity contribution in [3.05, 3.63) is 55.6 Å². The molecule has 0 amide bonds. The van der Waals surface area contributed by atoms with Gasteiger partial charge in [0.05, 0.1) is 11.1 Å². The van der Waals surface area contributed by atoms with Crippen LogP contribution in [-0.2, 0) is 6.42 Å². The van der Waals surface area contributed by atoms with E-state index >= 15 is 0 Å². The monoisotopic (exact) mass is 316 g/mol. The van der Waals surface area contributed by atoms with Crippen LogP contribution in [-0.4, -0.2) is 5.11 Å². The first-order valence-electron chi connectivity index (χ1n) is 4.82. The third kappa shape index (κ3) is 2.86. The van der Waals surface area contributed by atoms with Crippen molar-refractivity contribution in [2.75, 3.05) is 0 Å². The Bertz CT molecular complexity index is 483. The molecule has 0 aliphatic heterocycles. The second kappa shape index (κ2) is 5.32. The van der Waals surface area contributed by atoms with Crippen LogP contribution in [0, 0.1) is 0 Å². The molecule has 1 N–H and O–H groups in total. The Labute approximate surface area is 112 Å². The van der Waals surface area contributed by atoms with Crippen LogP contribution in [0.4, 0.5) is 0 Å². The first-order valence-corrected chi connectivity index (χ1v) is 6.87. The fourth-order valence-corrected chi connectivity index (χ4v) is 2.99. The van der Waals surface area contributed by atoms with Gasteiger partial charge in [0, 0.05) is 21.2 Å². The standard InChI is InChI=1S/C12H10BrClOS/c13-10-4-2-1-3-8(10)5-11(15)12-6-9(14)7-16-12/h1-4,6-7,11,15H,5H2. The predicted octanol–water partition coefficient (Wildman–Crippen LogP) is 4.44. The topological polar surface area (TPSA) is 20.2 Å². The van der Waals surface area contributed by atoms with Crippen molar-refractivity contribution in [1.29, 1.82) is 0 Å². The molecule has 2 rings (SSSR count). The Balaban J connectivity index is 2.13. The van der Waals surface area contributed by atoms with Crippen LogP contribution in [0.2, 0.25) is 5.02 Å². The quantitative estimate of drug-likeness (QED) is 0.887. The average Bonchev–Trinajstić information content (AvgIpc) is 2.68. The van der Waals surface area contributed by atoms with Gasteiger partial charge >= 0.3 is 0 Å². The van der Waals surface area contributed by atoms with Gasteiger partial charge in [-0.3, -0.25) is 0 Å². The molecule has 2 aromatic rings. The molecule has 4 heteroatoms. The zero-order valence-electron chi connectivity index (χ0n) is 8.36. The van der Waals surface area contributed by atoms with E-state index in [0.717, 1.165) is 14.9 Å². The Kier molecular flexibility index (Phi) is 4.03. The van der Waals surface area contributed by atoms with Crippen LogP contribution >= 0.6 is 38.9 Å². The number of rotatable bonds is 3. The number of halogens is 2. The van der Waals surface area contributed by atoms with Crippen molar-refractivity contribution in [3.63, 3.8) is 0 Å². The molecular weight excluding hydrogens is 308 g/mol. The largest absolute Gasteiger partial charge is 0.387 e. The van der Waals surface area contributed by atoms with Crippen LogP contribution in [0.25, 0.3) is 0 Å². The number of benzene rings is 1. The summed E-state index contributed by atoms with van der Waals surface area (Å²) in [6, 6.07) is 9.72. The van der Waals surface area contributed by atoms with E-state index in [2.05, 4.69) is 15.9 Å². The van der Waals surface area contributed by atoms with E-state index in [-0.39, 0.29) is 0 Å². The van der Waals surface area contributed by atoms with Crippen molar-refractivity contribution >= 4 is 38.9 Å². The lowest BCUT2D eigenvalue weighted by atomic mass is 10.1. The van der Waals surface area contributed by atoms with E-state index in [1.165, 1.54) is 11.3 Å². The maximum Gasteiger partial charge on any atom is 0.0923 e. The number of hydrogen-bond acceptors (Lipinski definition) is 2. The maximum absolute atomic E-state index is 10.0. The Morgan fingerprint density at radius 2 is 2.12 bits per heavy atom. The Morgan fingerprint density at radius 3 is 2.75 bits per heavy atom. The van der Waals surface area contributed by atoms with E-state index in [1.54, 1.807) is 0 Å². The summed E-state index contributed by atoms with van der Waals surface area (Å²) >= 11 is 10.8. The van der Waals surface area contributed by atoms with E-state index in [9.17, 15) is 5.11 Å². The lowest BCUT2D eigenvalue weighted by Crippen LogP contribution is -1.99. The van der Waals surface area contributed by atoms with Gasteiger partial charge in [-0.2, -0.15) is 0 Å². The number of hydrogen-bond donors (Lipinski definition) is 1. The normalized spacial score (nSPS) is 12.7. The van der Waals surface area contributed by atoms with Crippen LogP contribution < -0.4 is 0 Å². The first-order chi connectivity index (χ1) is 7.66. The molecule has 0 radical (unpaired) electrons. The molecule has 84 valence electrons. The zero-order valence-corrected chi connectivity index (χ0v) is 11.5. The molecule has 1 aromatic carbocycles. The third-order valence-corrected chi connectivity index (χ3v) is 4.44. The highest BCUT2D eigenvalue weighted by molar-refractivity contribution is 9.10. The van der Waals surface area contributed by atoms with Crippen LogP contribution in [0.3, 0.4) is 0 Å². The molecule has 0 saturated carbocycles. The van der Waals surface area contributed by atoms with Gasteiger partial charge in [-0.1, -0.05) is 45.7 Å². The van der Waals surface area contributed by atoms with Gasteiger partial charge in [0.1, 0.15) is 0 Å². The van der Waals surface area contributed by atoms with Crippen LogP contribution in [0.5, 0.6) is 0 Å². The molecule has 0 aliphatic rings. The summed E-state index contributed by atoms with van der Waals surface area (Å²) in [4.78, 5) is 0.903. The molecule has 0 spiro atoms. The lowest BCUT2D eigenvalue weighted by Gasteiger charge is -2.09. The van der Waals surface area contributed by atoms with Gasteiger partial charge in [0.25, 0.3) is 0 Å². The van der Waals surface area contributed by atoms with Gasteiger partial charge in [-0.15, -0.1) is 11.3 Å². The lowest BCUT2D eigenvalue weighted by molar-refractivity contribution is 0.182. The molecule has 0 aliphatic carbocycles. The SMILES string of the molecule is OC(Cc1ccccc1Br)c1cc(Cl)cs1. The van der Waals surface area contributed by atoms with E-state index < -0.39 is 6.10 Å². The van der Waals surface area contributed by atoms with Crippen molar-refractivity contribution in [1.82, 2.24) is 0 Å². The molecule has 1 atom stereocenters. The summed E-state index contributed by atoms with van der Waals surface area (Å²) in [6.07, 6.45) is 0.106. The summed E-state index contributed by atoms with van der Waals surface area (Å²) in [6.45, 7) is 0. The molecule has 1 aromatic heterocycles. The first kappa shape index (κ1) is 12.1. The third-order valence-electron chi connectivity index (χ3n) is 2.29. The van der Waals surface area contributed by atoms with Crippen molar-refractivity contribution in [2.45, 2.75) is 12.5 Å². The van der Waals surface area contributed by atoms with E-state index in [0.29, 0.717) is 11.4 Å². The Morgan fingerprint density at radius 1 is 1.38 bits per heavy atom. The van der Waals surface area contributed by atoms with E-state index in [1.807, 2.05) is 35.7 Å². The smallest absolute Gasteiger partial charge is 0.0923 e. The Hall–Kier alpha value is -0.350. The molecule has 0 saturated heterocycles. The average molecular weight is 318 g/mol. The molecule has 0 bridgehead atoms. The molecule has 1 unspecified atom stereocenters. The fraction of sp³-hybridized carbons (Fsp3) is 0.167. The minimum atomic E-state index is -0.490. The summed E-state index contributed by atoms with van der Waals surface area (Å²) in [5.41, 5.74) is 1.10. The summed E-state index contributed by atoms with van der Waals surface area (Å²) in [7, 11) is 0. The summed E-state index contributed by atoms with van der Waals surface area (Å²) < 4.78 is 1.02. The molecule has 1 heterocycles. The maximum atomic E-state index is 10.0. The van der Waals surface area contributed by atoms with Crippen molar-refractivity contribution in [2.24, 2.45) is 0 Å². The van der Waals surface area contributed by atoms with Crippen molar-refractivity contribution in [3.8, 4) is 0 Å².